The number of thiocarbonyl (C=S) groups is 1. The fraction of sp³-hybridized carbons (Fsp3) is 0.300. The molecule has 0 aromatic heterocycles. The third kappa shape index (κ3) is 3.03. The number of benzene rings is 1. The summed E-state index contributed by atoms with van der Waals surface area (Å²) >= 11 is 5.17. The van der Waals surface area contributed by atoms with Crippen LogP contribution in [-0.4, -0.2) is 23.6 Å². The van der Waals surface area contributed by atoms with Gasteiger partial charge in [0.2, 0.25) is 0 Å². The van der Waals surface area contributed by atoms with Crippen LogP contribution in [0.1, 0.15) is 6.92 Å². The summed E-state index contributed by atoms with van der Waals surface area (Å²) < 4.78 is 0. The second-order valence-electron chi connectivity index (χ2n) is 2.81. The minimum absolute atomic E-state index is 0.758. The number of nitrogens with zero attached hydrogens (tertiary/aromatic N) is 1. The lowest BCUT2D eigenvalue weighted by Crippen LogP contribution is -2.30. The van der Waals surface area contributed by atoms with Crippen LogP contribution in [0.4, 0.5) is 5.69 Å². The zero-order chi connectivity index (χ0) is 9.68. The molecule has 0 heterocycles. The van der Waals surface area contributed by atoms with Crippen molar-refractivity contribution in [1.82, 2.24) is 4.90 Å². The standard InChI is InChI=1S/C10H14N2S/c1-3-12(2)10(13)11-9-7-5-4-6-8-9/h4-8H,3H2,1-2H3,(H,11,13). The maximum atomic E-state index is 5.17. The number of rotatable bonds is 2. The van der Waals surface area contributed by atoms with Gasteiger partial charge >= 0.3 is 0 Å². The van der Waals surface area contributed by atoms with E-state index in [1.54, 1.807) is 0 Å². The van der Waals surface area contributed by atoms with Crippen LogP contribution < -0.4 is 5.32 Å². The number of nitrogens with one attached hydrogen (secondary N) is 1. The van der Waals surface area contributed by atoms with Crippen molar-refractivity contribution in [2.75, 3.05) is 18.9 Å². The van der Waals surface area contributed by atoms with Gasteiger partial charge in [-0.2, -0.15) is 0 Å². The zero-order valence-electron chi connectivity index (χ0n) is 7.95. The summed E-state index contributed by atoms with van der Waals surface area (Å²) in [5, 5.41) is 3.91. The molecule has 0 aliphatic carbocycles. The van der Waals surface area contributed by atoms with E-state index in [4.69, 9.17) is 12.2 Å². The normalized spacial score (nSPS) is 9.38. The Balaban J connectivity index is 2.55. The molecular weight excluding hydrogens is 180 g/mol. The van der Waals surface area contributed by atoms with Crippen LogP contribution >= 0.6 is 12.2 Å². The van der Waals surface area contributed by atoms with Gasteiger partial charge in [0, 0.05) is 19.3 Å². The van der Waals surface area contributed by atoms with Gasteiger partial charge in [-0.15, -0.1) is 0 Å². The fourth-order valence-corrected chi connectivity index (χ4v) is 1.13. The summed E-state index contributed by atoms with van der Waals surface area (Å²) in [6.45, 7) is 2.98. The highest BCUT2D eigenvalue weighted by molar-refractivity contribution is 7.80. The largest absolute Gasteiger partial charge is 0.352 e. The smallest absolute Gasteiger partial charge is 0.173 e. The third-order valence-corrected chi connectivity index (χ3v) is 2.26. The first-order valence-electron chi connectivity index (χ1n) is 4.31. The summed E-state index contributed by atoms with van der Waals surface area (Å²) in [6.07, 6.45) is 0. The molecule has 1 rings (SSSR count). The lowest BCUT2D eigenvalue weighted by Gasteiger charge is -2.18. The summed E-state index contributed by atoms with van der Waals surface area (Å²) in [5.74, 6) is 0. The van der Waals surface area contributed by atoms with Crippen LogP contribution in [0.25, 0.3) is 0 Å². The highest BCUT2D eigenvalue weighted by Crippen LogP contribution is 2.05. The Labute approximate surface area is 84.6 Å². The van der Waals surface area contributed by atoms with Gasteiger partial charge in [0.05, 0.1) is 0 Å². The number of anilines is 1. The first-order chi connectivity index (χ1) is 6.24. The molecule has 1 aromatic carbocycles. The van der Waals surface area contributed by atoms with Crippen molar-refractivity contribution in [3.05, 3.63) is 30.3 Å². The summed E-state index contributed by atoms with van der Waals surface area (Å²) in [5.41, 5.74) is 1.04. The average molecular weight is 194 g/mol. The second kappa shape index (κ2) is 4.82. The van der Waals surface area contributed by atoms with Gasteiger partial charge in [0.25, 0.3) is 0 Å². The molecule has 70 valence electrons. The first-order valence-corrected chi connectivity index (χ1v) is 4.72. The van der Waals surface area contributed by atoms with E-state index in [-0.39, 0.29) is 0 Å². The van der Waals surface area contributed by atoms with Crippen molar-refractivity contribution in [2.45, 2.75) is 6.92 Å². The minimum Gasteiger partial charge on any atom is -0.352 e. The van der Waals surface area contributed by atoms with E-state index in [1.807, 2.05) is 42.3 Å². The lowest BCUT2D eigenvalue weighted by atomic mass is 10.3. The molecule has 1 aromatic rings. The summed E-state index contributed by atoms with van der Waals surface area (Å²) in [7, 11) is 1.97. The molecule has 0 radical (unpaired) electrons. The average Bonchev–Trinajstić information content (AvgIpc) is 2.18. The number of hydrogen-bond acceptors (Lipinski definition) is 1. The van der Waals surface area contributed by atoms with Crippen molar-refractivity contribution in [3.8, 4) is 0 Å². The van der Waals surface area contributed by atoms with Crippen molar-refractivity contribution in [2.24, 2.45) is 0 Å². The molecule has 1 N–H and O–H groups in total. The van der Waals surface area contributed by atoms with Crippen molar-refractivity contribution in [1.29, 1.82) is 0 Å². The zero-order valence-corrected chi connectivity index (χ0v) is 8.77. The van der Waals surface area contributed by atoms with E-state index in [9.17, 15) is 0 Å². The Morgan fingerprint density at radius 1 is 1.38 bits per heavy atom. The van der Waals surface area contributed by atoms with Crippen LogP contribution in [-0.2, 0) is 0 Å². The van der Waals surface area contributed by atoms with Gasteiger partial charge < -0.3 is 10.2 Å². The first kappa shape index (κ1) is 9.99. The monoisotopic (exact) mass is 194 g/mol. The van der Waals surface area contributed by atoms with Crippen LogP contribution in [0.2, 0.25) is 0 Å². The van der Waals surface area contributed by atoms with Crippen molar-refractivity contribution < 1.29 is 0 Å². The second-order valence-corrected chi connectivity index (χ2v) is 3.20. The SMILES string of the molecule is CCN(C)C(=S)Nc1ccccc1. The van der Waals surface area contributed by atoms with E-state index in [0.29, 0.717) is 0 Å². The molecule has 0 saturated heterocycles. The van der Waals surface area contributed by atoms with Crippen LogP contribution in [0.5, 0.6) is 0 Å². The van der Waals surface area contributed by atoms with Gasteiger partial charge in [-0.25, -0.2) is 0 Å². The molecule has 0 saturated carbocycles. The Morgan fingerprint density at radius 2 is 2.00 bits per heavy atom. The predicted molar refractivity (Wildman–Crippen MR) is 61.0 cm³/mol. The van der Waals surface area contributed by atoms with Gasteiger partial charge in [-0.1, -0.05) is 18.2 Å². The molecule has 2 nitrogen and oxygen atoms in total. The topological polar surface area (TPSA) is 15.3 Å². The maximum Gasteiger partial charge on any atom is 0.173 e. The van der Waals surface area contributed by atoms with E-state index in [2.05, 4.69) is 12.2 Å². The van der Waals surface area contributed by atoms with Crippen molar-refractivity contribution >= 4 is 23.0 Å². The molecule has 0 amide bonds. The van der Waals surface area contributed by atoms with Gasteiger partial charge in [-0.05, 0) is 31.3 Å². The Kier molecular flexibility index (Phi) is 3.71. The van der Waals surface area contributed by atoms with Gasteiger partial charge in [-0.3, -0.25) is 0 Å². The highest BCUT2D eigenvalue weighted by Gasteiger charge is 2.00. The molecule has 0 unspecified atom stereocenters. The molecule has 0 aliphatic rings. The summed E-state index contributed by atoms with van der Waals surface area (Å²) in [4.78, 5) is 1.99. The van der Waals surface area contributed by atoms with E-state index in [0.717, 1.165) is 17.3 Å². The van der Waals surface area contributed by atoms with Crippen molar-refractivity contribution in [3.63, 3.8) is 0 Å². The molecule has 0 spiro atoms. The molecular formula is C10H14N2S. The molecule has 0 aliphatic heterocycles. The van der Waals surface area contributed by atoms with E-state index >= 15 is 0 Å². The van der Waals surface area contributed by atoms with E-state index < -0.39 is 0 Å². The maximum absolute atomic E-state index is 5.17. The van der Waals surface area contributed by atoms with Crippen LogP contribution in [0.3, 0.4) is 0 Å². The van der Waals surface area contributed by atoms with Gasteiger partial charge in [0.15, 0.2) is 5.11 Å². The van der Waals surface area contributed by atoms with E-state index in [1.165, 1.54) is 0 Å². The number of para-hydroxylation sites is 1. The predicted octanol–water partition coefficient (Wildman–Crippen LogP) is 2.34. The molecule has 0 atom stereocenters. The third-order valence-electron chi connectivity index (χ3n) is 1.85. The fourth-order valence-electron chi connectivity index (χ4n) is 0.884. The molecule has 0 bridgehead atoms. The quantitative estimate of drug-likeness (QED) is 0.727. The number of hydrogen-bond donors (Lipinski definition) is 1. The minimum atomic E-state index is 0.758. The van der Waals surface area contributed by atoms with Crippen LogP contribution in [0.15, 0.2) is 30.3 Å². The highest BCUT2D eigenvalue weighted by atomic mass is 32.1. The molecule has 3 heteroatoms. The Morgan fingerprint density at radius 3 is 2.54 bits per heavy atom. The Bertz CT molecular complexity index is 272. The molecule has 0 fully saturated rings. The van der Waals surface area contributed by atoms with Gasteiger partial charge in [0.1, 0.15) is 0 Å². The summed E-state index contributed by atoms with van der Waals surface area (Å²) in [6, 6.07) is 9.94. The lowest BCUT2D eigenvalue weighted by molar-refractivity contribution is 0.544. The Hall–Kier alpha value is -1.09. The van der Waals surface area contributed by atoms with Crippen LogP contribution in [0, 0.1) is 0 Å². The molecule has 13 heavy (non-hydrogen) atoms.